The van der Waals surface area contributed by atoms with E-state index in [-0.39, 0.29) is 25.0 Å². The van der Waals surface area contributed by atoms with Crippen LogP contribution >= 0.6 is 0 Å². The van der Waals surface area contributed by atoms with Gasteiger partial charge in [-0.2, -0.15) is 0 Å². The van der Waals surface area contributed by atoms with Gasteiger partial charge in [0.05, 0.1) is 0 Å². The van der Waals surface area contributed by atoms with Gasteiger partial charge >= 0.3 is 18.9 Å². The molecule has 0 saturated heterocycles. The molecule has 0 heterocycles. The van der Waals surface area contributed by atoms with Crippen molar-refractivity contribution in [3.05, 3.63) is 0 Å². The minimum atomic E-state index is 0. The summed E-state index contributed by atoms with van der Waals surface area (Å²) in [6.07, 6.45) is 2.64. The van der Waals surface area contributed by atoms with Crippen LogP contribution < -0.4 is 6.15 Å². The molecule has 0 aliphatic carbocycles. The first-order chi connectivity index (χ1) is 1.91. The number of unbranched alkanes of at least 4 members (excludes halogenated alkanes) is 1. The first-order valence-corrected chi connectivity index (χ1v) is 1.91. The van der Waals surface area contributed by atoms with E-state index in [0.717, 1.165) is 0 Å². The van der Waals surface area contributed by atoms with Crippen molar-refractivity contribution in [1.82, 2.24) is 6.15 Å². The van der Waals surface area contributed by atoms with E-state index in [1.54, 1.807) is 0 Å². The Morgan fingerprint density at radius 1 is 1.00 bits per heavy atom. The van der Waals surface area contributed by atoms with Crippen molar-refractivity contribution in [2.24, 2.45) is 0 Å². The molecule has 0 saturated carbocycles. The molecule has 0 aromatic heterocycles. The molecule has 0 amide bonds. The van der Waals surface area contributed by atoms with Crippen molar-refractivity contribution in [3.8, 4) is 0 Å². The summed E-state index contributed by atoms with van der Waals surface area (Å²) in [4.78, 5) is 0. The molecule has 0 bridgehead atoms. The summed E-state index contributed by atoms with van der Waals surface area (Å²) in [5.41, 5.74) is 0. The van der Waals surface area contributed by atoms with Gasteiger partial charge in [0.2, 0.25) is 0 Å². The molecular formula is C4H14LiN. The molecule has 0 aromatic rings. The monoisotopic (exact) mass is 83.1 g/mol. The van der Waals surface area contributed by atoms with Crippen molar-refractivity contribution >= 4 is 18.9 Å². The third-order valence-corrected chi connectivity index (χ3v) is 0.500. The van der Waals surface area contributed by atoms with Crippen LogP contribution in [0.5, 0.6) is 0 Å². The average Bonchev–Trinajstić information content (AvgIpc) is 1.37. The summed E-state index contributed by atoms with van der Waals surface area (Å²) in [7, 11) is 0. The molecule has 6 heavy (non-hydrogen) atoms. The Morgan fingerprint density at radius 2 is 1.17 bits per heavy atom. The van der Waals surface area contributed by atoms with Crippen LogP contribution in [0.25, 0.3) is 0 Å². The van der Waals surface area contributed by atoms with Crippen LogP contribution in [0.4, 0.5) is 0 Å². The van der Waals surface area contributed by atoms with E-state index in [1.165, 1.54) is 12.8 Å². The molecule has 0 unspecified atom stereocenters. The van der Waals surface area contributed by atoms with Crippen LogP contribution in [-0.2, 0) is 0 Å². The molecule has 0 aliphatic rings. The molecule has 0 radical (unpaired) electrons. The van der Waals surface area contributed by atoms with E-state index in [1.807, 2.05) is 0 Å². The zero-order chi connectivity index (χ0) is 3.41. The van der Waals surface area contributed by atoms with Crippen molar-refractivity contribution < 1.29 is 0 Å². The fraction of sp³-hybridized carbons (Fsp3) is 1.00. The Labute approximate surface area is 52.3 Å². The van der Waals surface area contributed by atoms with E-state index in [9.17, 15) is 0 Å². The van der Waals surface area contributed by atoms with Crippen LogP contribution in [-0.4, -0.2) is 18.9 Å². The first-order valence-electron chi connectivity index (χ1n) is 1.91. The zero-order valence-electron chi connectivity index (χ0n) is 4.12. The Morgan fingerprint density at radius 3 is 1.17 bits per heavy atom. The van der Waals surface area contributed by atoms with E-state index in [0.29, 0.717) is 0 Å². The predicted molar refractivity (Wildman–Crippen MR) is 32.8 cm³/mol. The van der Waals surface area contributed by atoms with Crippen LogP contribution in [0.15, 0.2) is 0 Å². The van der Waals surface area contributed by atoms with E-state index >= 15 is 0 Å². The minimum absolute atomic E-state index is 0. The summed E-state index contributed by atoms with van der Waals surface area (Å²) < 4.78 is 0. The second-order valence-electron chi connectivity index (χ2n) is 1.000. The van der Waals surface area contributed by atoms with Gasteiger partial charge in [0.15, 0.2) is 0 Å². The second kappa shape index (κ2) is 17.6. The van der Waals surface area contributed by atoms with E-state index < -0.39 is 0 Å². The summed E-state index contributed by atoms with van der Waals surface area (Å²) in [6.45, 7) is 4.36. The van der Waals surface area contributed by atoms with Gasteiger partial charge in [0.25, 0.3) is 0 Å². The van der Waals surface area contributed by atoms with Crippen LogP contribution in [0, 0.1) is 0 Å². The summed E-state index contributed by atoms with van der Waals surface area (Å²) in [5.74, 6) is 0. The third-order valence-electron chi connectivity index (χ3n) is 0.500. The van der Waals surface area contributed by atoms with Gasteiger partial charge in [-0.05, 0) is 0 Å². The molecule has 0 fully saturated rings. The Bertz CT molecular complexity index is 9.51. The van der Waals surface area contributed by atoms with Gasteiger partial charge in [-0.15, -0.1) is 0 Å². The maximum absolute atomic E-state index is 2.18. The van der Waals surface area contributed by atoms with Crippen molar-refractivity contribution in [1.29, 1.82) is 0 Å². The molecule has 2 heteroatoms. The van der Waals surface area contributed by atoms with Gasteiger partial charge in [-0.3, -0.25) is 0 Å². The molecule has 0 atom stereocenters. The van der Waals surface area contributed by atoms with E-state index in [2.05, 4.69) is 13.8 Å². The Kier molecular flexibility index (Phi) is 47.1. The molecule has 1 nitrogen and oxygen atoms in total. The molecule has 0 aromatic carbocycles. The van der Waals surface area contributed by atoms with Crippen LogP contribution in [0.3, 0.4) is 0 Å². The third kappa shape index (κ3) is 23.8. The van der Waals surface area contributed by atoms with Crippen molar-refractivity contribution in [3.63, 3.8) is 0 Å². The fourth-order valence-corrected chi connectivity index (χ4v) is 0. The van der Waals surface area contributed by atoms with Crippen molar-refractivity contribution in [2.45, 2.75) is 26.7 Å². The summed E-state index contributed by atoms with van der Waals surface area (Å²) in [6, 6.07) is 0. The standard InChI is InChI=1S/C4H10.Li.H3N.H/c1-3-4-2;;;/h3-4H2,1-2H3;;1H3;. The first kappa shape index (κ1) is 16.0. The number of hydrogen-bond acceptors (Lipinski definition) is 1. The molecule has 36 valence electrons. The van der Waals surface area contributed by atoms with E-state index in [4.69, 9.17) is 0 Å². The molecule has 0 aliphatic heterocycles. The fourth-order valence-electron chi connectivity index (χ4n) is 0. The SMILES string of the molecule is CCCC.N.[LiH]. The Balaban J connectivity index is -0.0000000450. The molecule has 0 rings (SSSR count). The van der Waals surface area contributed by atoms with Gasteiger partial charge in [-0.1, -0.05) is 26.7 Å². The Hall–Kier alpha value is 0.557. The topological polar surface area (TPSA) is 35.0 Å². The quantitative estimate of drug-likeness (QED) is 0.477. The van der Waals surface area contributed by atoms with Crippen LogP contribution in [0.1, 0.15) is 26.7 Å². The number of hydrogen-bond donors (Lipinski definition) is 1. The molecule has 0 spiro atoms. The average molecular weight is 83.1 g/mol. The molecular weight excluding hydrogens is 69.0 g/mol. The van der Waals surface area contributed by atoms with Crippen LogP contribution in [0.2, 0.25) is 0 Å². The van der Waals surface area contributed by atoms with Gasteiger partial charge < -0.3 is 6.15 Å². The molecule has 3 N–H and O–H groups in total. The predicted octanol–water partition coefficient (Wildman–Crippen LogP) is 1.32. The summed E-state index contributed by atoms with van der Waals surface area (Å²) >= 11 is 0. The number of rotatable bonds is 1. The van der Waals surface area contributed by atoms with Gasteiger partial charge in [0, 0.05) is 0 Å². The second-order valence-corrected chi connectivity index (χ2v) is 1.000. The van der Waals surface area contributed by atoms with Gasteiger partial charge in [0.1, 0.15) is 0 Å². The van der Waals surface area contributed by atoms with Gasteiger partial charge in [-0.25, -0.2) is 0 Å². The van der Waals surface area contributed by atoms with Crippen molar-refractivity contribution in [2.75, 3.05) is 0 Å². The normalized spacial score (nSPS) is 5.00. The maximum atomic E-state index is 2.18. The summed E-state index contributed by atoms with van der Waals surface area (Å²) in [5, 5.41) is 0. The zero-order valence-corrected chi connectivity index (χ0v) is 4.12.